The molecule has 0 aliphatic rings. The Labute approximate surface area is 316 Å². The monoisotopic (exact) mass is 805 g/mol. The van der Waals surface area contributed by atoms with Gasteiger partial charge in [0, 0.05) is 29.4 Å². The number of halogens is 1. The zero-order valence-electron chi connectivity index (χ0n) is 30.5. The third-order valence-electron chi connectivity index (χ3n) is 7.03. The second-order valence-electron chi connectivity index (χ2n) is 11.7. The number of para-hydroxylation sites is 1. The van der Waals surface area contributed by atoms with Crippen molar-refractivity contribution >= 4 is 48.7 Å². The Balaban J connectivity index is 0.000000721. The lowest BCUT2D eigenvalue weighted by Gasteiger charge is -2.18. The topological polar surface area (TPSA) is 234 Å². The lowest BCUT2D eigenvalue weighted by molar-refractivity contribution is -0.147. The maximum Gasteiger partial charge on any atom is 0.320 e. The van der Waals surface area contributed by atoms with E-state index in [1.165, 1.54) is 16.8 Å². The van der Waals surface area contributed by atoms with Crippen LogP contribution in [0.5, 0.6) is 17.2 Å². The van der Waals surface area contributed by atoms with E-state index in [0.29, 0.717) is 46.3 Å². The fraction of sp³-hybridized carbons (Fsp3) is 0.257. The van der Waals surface area contributed by atoms with Crippen LogP contribution in [0.1, 0.15) is 23.0 Å². The highest BCUT2D eigenvalue weighted by Crippen LogP contribution is 2.33. The highest BCUT2D eigenvalue weighted by atomic mass is 32.2. The number of pyridine rings is 1. The van der Waals surface area contributed by atoms with E-state index in [1.54, 1.807) is 93.5 Å². The molecule has 0 spiro atoms. The van der Waals surface area contributed by atoms with Gasteiger partial charge in [-0.15, -0.1) is 0 Å². The molecule has 2 aromatic heterocycles. The Bertz CT molecular complexity index is 2370. The van der Waals surface area contributed by atoms with Gasteiger partial charge in [0.2, 0.25) is 0 Å². The molecule has 4 N–H and O–H groups in total. The number of hydrogen-bond donors (Lipinski definition) is 4. The summed E-state index contributed by atoms with van der Waals surface area (Å²) in [5, 5.41) is 6.03. The van der Waals surface area contributed by atoms with Gasteiger partial charge in [-0.2, -0.15) is 16.8 Å². The SMILES string of the molecule is CNCC(=O)O[C@H](C)Cn1c(C)c(C(=O)Nc2ccc(Oc3ccnc4cc(OC)ccc34)c(F)c2)c(=O)n1-c1ccccc1.CS(=O)(=O)O.CS(=O)(=O)O. The number of carbonyl (C=O) groups excluding carboxylic acids is 2. The van der Waals surface area contributed by atoms with Crippen LogP contribution < -0.4 is 25.7 Å². The van der Waals surface area contributed by atoms with Gasteiger partial charge in [0.15, 0.2) is 11.6 Å². The number of amides is 1. The van der Waals surface area contributed by atoms with Gasteiger partial charge in [-0.25, -0.2) is 9.07 Å². The summed E-state index contributed by atoms with van der Waals surface area (Å²) in [6.07, 6.45) is 2.37. The molecule has 17 nitrogen and oxygen atoms in total. The summed E-state index contributed by atoms with van der Waals surface area (Å²) in [7, 11) is -4.15. The number of likely N-dealkylation sites (N-methyl/N-ethyl adjacent to an activating group) is 1. The number of fused-ring (bicyclic) bond motifs is 1. The van der Waals surface area contributed by atoms with E-state index in [-0.39, 0.29) is 30.1 Å². The summed E-state index contributed by atoms with van der Waals surface area (Å²) in [5.74, 6) is -0.938. The molecule has 20 heteroatoms. The molecule has 0 radical (unpaired) electrons. The van der Waals surface area contributed by atoms with Crippen LogP contribution >= 0.6 is 0 Å². The number of esters is 1. The number of carbonyl (C=O) groups is 2. The van der Waals surface area contributed by atoms with E-state index in [4.69, 9.17) is 23.3 Å². The second-order valence-corrected chi connectivity index (χ2v) is 14.6. The van der Waals surface area contributed by atoms with Crippen LogP contribution in [0.2, 0.25) is 0 Å². The number of aromatic nitrogens is 3. The third kappa shape index (κ3) is 13.6. The maximum atomic E-state index is 15.2. The summed E-state index contributed by atoms with van der Waals surface area (Å²) in [6.45, 7) is 3.47. The summed E-state index contributed by atoms with van der Waals surface area (Å²) in [5.41, 5.74) is 0.901. The van der Waals surface area contributed by atoms with Crippen molar-refractivity contribution in [2.45, 2.75) is 26.5 Å². The maximum absolute atomic E-state index is 15.2. The number of rotatable bonds is 11. The van der Waals surface area contributed by atoms with E-state index in [0.717, 1.165) is 6.07 Å². The van der Waals surface area contributed by atoms with Crippen LogP contribution in [0, 0.1) is 12.7 Å². The third-order valence-corrected chi connectivity index (χ3v) is 7.03. The number of hydrogen-bond acceptors (Lipinski definition) is 12. The number of benzene rings is 3. The first kappa shape index (κ1) is 43.7. The van der Waals surface area contributed by atoms with Gasteiger partial charge >= 0.3 is 5.97 Å². The molecule has 0 unspecified atom stereocenters. The minimum absolute atomic E-state index is 0.0307. The quantitative estimate of drug-likeness (QED) is 0.110. The van der Waals surface area contributed by atoms with Crippen molar-refractivity contribution in [3.8, 4) is 22.9 Å². The van der Waals surface area contributed by atoms with Crippen LogP contribution in [-0.2, 0) is 36.3 Å². The first-order valence-corrected chi connectivity index (χ1v) is 19.7. The average Bonchev–Trinajstić information content (AvgIpc) is 3.32. The molecule has 296 valence electrons. The van der Waals surface area contributed by atoms with Crippen LogP contribution in [0.15, 0.2) is 83.8 Å². The molecule has 5 rings (SSSR count). The molecule has 1 amide bonds. The number of ether oxygens (including phenoxy) is 3. The Hall–Kier alpha value is -5.67. The van der Waals surface area contributed by atoms with E-state index in [1.807, 2.05) is 0 Å². The summed E-state index contributed by atoms with van der Waals surface area (Å²) in [4.78, 5) is 43.5. The smallest absolute Gasteiger partial charge is 0.320 e. The number of nitrogens with one attached hydrogen (secondary N) is 2. The van der Waals surface area contributed by atoms with Gasteiger partial charge in [0.1, 0.15) is 23.2 Å². The molecule has 55 heavy (non-hydrogen) atoms. The molecule has 0 aliphatic heterocycles. The van der Waals surface area contributed by atoms with E-state index < -0.39 is 49.6 Å². The van der Waals surface area contributed by atoms with Gasteiger partial charge in [-0.3, -0.25) is 33.2 Å². The molecule has 0 saturated carbocycles. The Morgan fingerprint density at radius 2 is 1.58 bits per heavy atom. The Morgan fingerprint density at radius 1 is 0.945 bits per heavy atom. The number of methoxy groups -OCH3 is 1. The summed E-state index contributed by atoms with van der Waals surface area (Å²) >= 11 is 0. The summed E-state index contributed by atoms with van der Waals surface area (Å²) < 4.78 is 86.5. The molecule has 3 aromatic carbocycles. The predicted molar refractivity (Wildman–Crippen MR) is 202 cm³/mol. The Kier molecular flexibility index (Phi) is 15.2. The van der Waals surface area contributed by atoms with Crippen molar-refractivity contribution in [2.24, 2.45) is 0 Å². The van der Waals surface area contributed by atoms with Crippen LogP contribution in [-0.4, -0.2) is 91.5 Å². The highest BCUT2D eigenvalue weighted by molar-refractivity contribution is 7.85. The van der Waals surface area contributed by atoms with Crippen molar-refractivity contribution in [1.82, 2.24) is 19.7 Å². The van der Waals surface area contributed by atoms with E-state index in [2.05, 4.69) is 15.6 Å². The zero-order valence-corrected chi connectivity index (χ0v) is 32.1. The van der Waals surface area contributed by atoms with Gasteiger partial charge < -0.3 is 24.8 Å². The first-order chi connectivity index (χ1) is 25.7. The summed E-state index contributed by atoms with van der Waals surface area (Å²) in [6, 6.07) is 19.7. The van der Waals surface area contributed by atoms with Gasteiger partial charge in [0.05, 0.1) is 49.6 Å². The van der Waals surface area contributed by atoms with Crippen molar-refractivity contribution in [3.63, 3.8) is 0 Å². The molecule has 2 heterocycles. The molecule has 5 aromatic rings. The standard InChI is InChI=1S/C33H32FN5O6.2CH4O3S/c1-20(44-30(40)18-35-3)19-38-21(2)31(33(42)39(38)23-8-6-5-7-9-23)32(41)37-22-10-13-29(26(34)16-22)45-28-14-15-36-27-17-24(43-4)11-12-25(27)28;2*1-5(2,3)4/h5-17,20,35H,18-19H2,1-4H3,(H,37,41);2*1H3,(H,2,3,4)/t20-;;/m1../s1. The van der Waals surface area contributed by atoms with Gasteiger partial charge in [0.25, 0.3) is 31.7 Å². The molecule has 0 saturated heterocycles. The highest BCUT2D eigenvalue weighted by Gasteiger charge is 2.26. The predicted octanol–water partition coefficient (Wildman–Crippen LogP) is 3.85. The second kappa shape index (κ2) is 19.1. The van der Waals surface area contributed by atoms with Crippen molar-refractivity contribution < 1.29 is 54.1 Å². The molecule has 0 bridgehead atoms. The van der Waals surface area contributed by atoms with Crippen LogP contribution in [0.4, 0.5) is 10.1 Å². The first-order valence-electron chi connectivity index (χ1n) is 16.0. The lowest BCUT2D eigenvalue weighted by Crippen LogP contribution is -2.30. The van der Waals surface area contributed by atoms with Crippen molar-refractivity contribution in [1.29, 1.82) is 0 Å². The van der Waals surface area contributed by atoms with Gasteiger partial charge in [-0.1, -0.05) is 18.2 Å². The molecular weight excluding hydrogens is 766 g/mol. The minimum atomic E-state index is -3.67. The molecule has 0 fully saturated rings. The van der Waals surface area contributed by atoms with Gasteiger partial charge in [-0.05, 0) is 63.4 Å². The van der Waals surface area contributed by atoms with E-state index in [9.17, 15) is 31.2 Å². The zero-order chi connectivity index (χ0) is 41.1. The van der Waals surface area contributed by atoms with Crippen LogP contribution in [0.3, 0.4) is 0 Å². The largest absolute Gasteiger partial charge is 0.497 e. The lowest BCUT2D eigenvalue weighted by atomic mass is 10.2. The minimum Gasteiger partial charge on any atom is -0.497 e. The molecule has 0 aliphatic carbocycles. The van der Waals surface area contributed by atoms with Crippen molar-refractivity contribution in [2.75, 3.05) is 38.5 Å². The van der Waals surface area contributed by atoms with E-state index >= 15 is 4.39 Å². The molecule has 1 atom stereocenters. The number of anilines is 1. The normalized spacial score (nSPS) is 11.7. The fourth-order valence-electron chi connectivity index (χ4n) is 4.94. The van der Waals surface area contributed by atoms with Crippen molar-refractivity contribution in [3.05, 3.63) is 106 Å². The Morgan fingerprint density at radius 3 is 2.16 bits per heavy atom. The average molecular weight is 806 g/mol. The fourth-order valence-corrected chi connectivity index (χ4v) is 4.94. The van der Waals surface area contributed by atoms with Crippen LogP contribution in [0.25, 0.3) is 16.6 Å². The number of nitrogens with zero attached hydrogens (tertiary/aromatic N) is 3. The molecular formula is C35H40FN5O12S2.